The highest BCUT2D eigenvalue weighted by Gasteiger charge is 2.41. The van der Waals surface area contributed by atoms with Gasteiger partial charge in [-0.1, -0.05) is 49.6 Å². The molecule has 0 radical (unpaired) electrons. The maximum atomic E-state index is 12.9. The first-order chi connectivity index (χ1) is 13.5. The molecular weight excluding hydrogens is 350 g/mol. The predicted octanol–water partition coefficient (Wildman–Crippen LogP) is 4.18. The average molecular weight is 380 g/mol. The Morgan fingerprint density at radius 2 is 1.93 bits per heavy atom. The monoisotopic (exact) mass is 379 g/mol. The standard InChI is InChI=1S/C22H29N5O/c1-22(2)18-14-23-20(25-17-11-7-4-8-12-17)26-19(18)15-27(22)21(28)24-13-16-9-5-3-6-10-16/h3,5-6,9-10,14,17H,4,7-8,11-13,15H2,1-2H3,(H,24,28)(H,23,25,26). The van der Waals surface area contributed by atoms with Crippen molar-refractivity contribution in [3.05, 3.63) is 53.3 Å². The van der Waals surface area contributed by atoms with E-state index in [1.807, 2.05) is 41.4 Å². The van der Waals surface area contributed by atoms with Gasteiger partial charge in [-0.25, -0.2) is 14.8 Å². The van der Waals surface area contributed by atoms with E-state index < -0.39 is 5.54 Å². The molecule has 1 saturated carbocycles. The number of hydrogen-bond acceptors (Lipinski definition) is 4. The van der Waals surface area contributed by atoms with Crippen molar-refractivity contribution in [3.8, 4) is 0 Å². The molecule has 1 fully saturated rings. The zero-order chi connectivity index (χ0) is 19.6. The predicted molar refractivity (Wildman–Crippen MR) is 110 cm³/mol. The van der Waals surface area contributed by atoms with Crippen molar-refractivity contribution in [1.29, 1.82) is 0 Å². The number of anilines is 1. The van der Waals surface area contributed by atoms with Crippen LogP contribution >= 0.6 is 0 Å². The first-order valence-corrected chi connectivity index (χ1v) is 10.3. The molecule has 1 aromatic heterocycles. The lowest BCUT2D eigenvalue weighted by Crippen LogP contribution is -2.45. The zero-order valence-corrected chi connectivity index (χ0v) is 16.7. The Morgan fingerprint density at radius 1 is 1.18 bits per heavy atom. The lowest BCUT2D eigenvalue weighted by atomic mass is 9.95. The van der Waals surface area contributed by atoms with Crippen molar-refractivity contribution in [2.45, 2.75) is 70.6 Å². The van der Waals surface area contributed by atoms with Crippen LogP contribution in [0.4, 0.5) is 10.7 Å². The minimum Gasteiger partial charge on any atom is -0.351 e. The molecule has 0 spiro atoms. The third-order valence-corrected chi connectivity index (χ3v) is 5.98. The molecule has 0 saturated heterocycles. The molecule has 148 valence electrons. The molecule has 2 aromatic rings. The summed E-state index contributed by atoms with van der Waals surface area (Å²) in [5.74, 6) is 0.688. The van der Waals surface area contributed by atoms with Crippen LogP contribution in [0.25, 0.3) is 0 Å². The van der Waals surface area contributed by atoms with Gasteiger partial charge in [-0.2, -0.15) is 0 Å². The highest BCUT2D eigenvalue weighted by molar-refractivity contribution is 5.76. The summed E-state index contributed by atoms with van der Waals surface area (Å²) >= 11 is 0. The third kappa shape index (κ3) is 3.81. The molecule has 2 N–H and O–H groups in total. The quantitative estimate of drug-likeness (QED) is 0.836. The van der Waals surface area contributed by atoms with Crippen LogP contribution in [0.1, 0.15) is 62.8 Å². The van der Waals surface area contributed by atoms with Gasteiger partial charge in [0.1, 0.15) is 0 Å². The number of nitrogens with zero attached hydrogens (tertiary/aromatic N) is 3. The number of nitrogens with one attached hydrogen (secondary N) is 2. The number of carbonyl (C=O) groups is 1. The molecule has 0 atom stereocenters. The molecule has 1 aromatic carbocycles. The molecule has 1 aliphatic heterocycles. The summed E-state index contributed by atoms with van der Waals surface area (Å²) in [7, 11) is 0. The SMILES string of the molecule is CC1(C)c2cnc(NC3CCCCC3)nc2CN1C(=O)NCc1ccccc1. The lowest BCUT2D eigenvalue weighted by molar-refractivity contribution is 0.144. The van der Waals surface area contributed by atoms with Crippen molar-refractivity contribution in [1.82, 2.24) is 20.2 Å². The van der Waals surface area contributed by atoms with Crippen LogP contribution in [0.15, 0.2) is 36.5 Å². The maximum absolute atomic E-state index is 12.9. The molecule has 6 nitrogen and oxygen atoms in total. The molecule has 2 amide bonds. The minimum absolute atomic E-state index is 0.0753. The van der Waals surface area contributed by atoms with E-state index in [9.17, 15) is 4.79 Å². The summed E-state index contributed by atoms with van der Waals surface area (Å²) in [5, 5.41) is 6.52. The number of fused-ring (bicyclic) bond motifs is 1. The van der Waals surface area contributed by atoms with Gasteiger partial charge in [-0.3, -0.25) is 0 Å². The fourth-order valence-electron chi connectivity index (χ4n) is 4.24. The first kappa shape index (κ1) is 18.7. The number of aromatic nitrogens is 2. The fourth-order valence-corrected chi connectivity index (χ4v) is 4.24. The van der Waals surface area contributed by atoms with Crippen LogP contribution in [0, 0.1) is 0 Å². The van der Waals surface area contributed by atoms with Crippen LogP contribution in [-0.2, 0) is 18.6 Å². The van der Waals surface area contributed by atoms with E-state index in [1.165, 1.54) is 32.1 Å². The highest BCUT2D eigenvalue weighted by Crippen LogP contribution is 2.38. The Morgan fingerprint density at radius 3 is 2.68 bits per heavy atom. The molecule has 1 aliphatic carbocycles. The van der Waals surface area contributed by atoms with E-state index in [0.29, 0.717) is 25.1 Å². The van der Waals surface area contributed by atoms with Gasteiger partial charge in [0, 0.05) is 24.3 Å². The van der Waals surface area contributed by atoms with Gasteiger partial charge < -0.3 is 15.5 Å². The molecular formula is C22H29N5O. The summed E-state index contributed by atoms with van der Waals surface area (Å²) in [5.41, 5.74) is 2.62. The normalized spacial score (nSPS) is 18.6. The topological polar surface area (TPSA) is 70.2 Å². The number of benzene rings is 1. The van der Waals surface area contributed by atoms with E-state index >= 15 is 0 Å². The van der Waals surface area contributed by atoms with Crippen molar-refractivity contribution in [2.24, 2.45) is 0 Å². The number of hydrogen-bond donors (Lipinski definition) is 2. The van der Waals surface area contributed by atoms with Crippen LogP contribution in [0.5, 0.6) is 0 Å². The summed E-state index contributed by atoms with van der Waals surface area (Å²) in [6.45, 7) is 5.13. The highest BCUT2D eigenvalue weighted by atomic mass is 16.2. The minimum atomic E-state index is -0.431. The Balaban J connectivity index is 1.44. The Kier molecular flexibility index (Phi) is 5.20. The van der Waals surface area contributed by atoms with Crippen LogP contribution in [0.3, 0.4) is 0 Å². The van der Waals surface area contributed by atoms with Crippen LogP contribution in [-0.4, -0.2) is 26.9 Å². The Bertz CT molecular complexity index is 830. The molecule has 2 heterocycles. The number of carbonyl (C=O) groups excluding carboxylic acids is 1. The number of urea groups is 1. The van der Waals surface area contributed by atoms with Crippen molar-refractivity contribution < 1.29 is 4.79 Å². The van der Waals surface area contributed by atoms with Gasteiger partial charge in [0.2, 0.25) is 5.95 Å². The van der Waals surface area contributed by atoms with Crippen molar-refractivity contribution >= 4 is 12.0 Å². The number of rotatable bonds is 4. The van der Waals surface area contributed by atoms with Gasteiger partial charge in [-0.15, -0.1) is 0 Å². The fraction of sp³-hybridized carbons (Fsp3) is 0.500. The second-order valence-corrected chi connectivity index (χ2v) is 8.32. The maximum Gasteiger partial charge on any atom is 0.318 e. The van der Waals surface area contributed by atoms with Crippen molar-refractivity contribution in [3.63, 3.8) is 0 Å². The second kappa shape index (κ2) is 7.78. The van der Waals surface area contributed by atoms with Gasteiger partial charge in [0.05, 0.1) is 17.8 Å². The van der Waals surface area contributed by atoms with Gasteiger partial charge >= 0.3 is 6.03 Å². The van der Waals surface area contributed by atoms with Crippen LogP contribution < -0.4 is 10.6 Å². The third-order valence-electron chi connectivity index (χ3n) is 5.98. The molecule has 4 rings (SSSR count). The average Bonchev–Trinajstić information content (AvgIpc) is 2.98. The second-order valence-electron chi connectivity index (χ2n) is 8.32. The summed E-state index contributed by atoms with van der Waals surface area (Å²) in [6.07, 6.45) is 8.11. The molecule has 28 heavy (non-hydrogen) atoms. The Labute approximate surface area is 166 Å². The zero-order valence-electron chi connectivity index (χ0n) is 16.7. The van der Waals surface area contributed by atoms with Gasteiger partial charge in [0.15, 0.2) is 0 Å². The van der Waals surface area contributed by atoms with Gasteiger partial charge in [0.25, 0.3) is 0 Å². The van der Waals surface area contributed by atoms with E-state index in [-0.39, 0.29) is 6.03 Å². The summed E-state index contributed by atoms with van der Waals surface area (Å²) in [4.78, 5) is 24.0. The van der Waals surface area contributed by atoms with E-state index in [2.05, 4.69) is 29.5 Å². The molecule has 0 bridgehead atoms. The lowest BCUT2D eigenvalue weighted by Gasteiger charge is -2.32. The Hall–Kier alpha value is -2.63. The molecule has 0 unspecified atom stereocenters. The van der Waals surface area contributed by atoms with Crippen molar-refractivity contribution in [2.75, 3.05) is 5.32 Å². The molecule has 6 heteroatoms. The number of amides is 2. The van der Waals surface area contributed by atoms with E-state index in [4.69, 9.17) is 4.98 Å². The first-order valence-electron chi connectivity index (χ1n) is 10.3. The summed E-state index contributed by atoms with van der Waals surface area (Å²) in [6, 6.07) is 10.3. The van der Waals surface area contributed by atoms with E-state index in [0.717, 1.165) is 16.8 Å². The van der Waals surface area contributed by atoms with E-state index in [1.54, 1.807) is 0 Å². The van der Waals surface area contributed by atoms with Crippen LogP contribution in [0.2, 0.25) is 0 Å². The van der Waals surface area contributed by atoms with Gasteiger partial charge in [-0.05, 0) is 32.3 Å². The smallest absolute Gasteiger partial charge is 0.318 e. The molecule has 2 aliphatic rings. The largest absolute Gasteiger partial charge is 0.351 e. The summed E-state index contributed by atoms with van der Waals surface area (Å²) < 4.78 is 0.